The van der Waals surface area contributed by atoms with E-state index in [1.807, 2.05) is 31.2 Å². The number of nitriles is 1. The summed E-state index contributed by atoms with van der Waals surface area (Å²) in [6.07, 6.45) is 0. The van der Waals surface area contributed by atoms with Crippen LogP contribution in [-0.4, -0.2) is 23.4 Å². The Labute approximate surface area is 144 Å². The number of hydrogen-bond donors (Lipinski definition) is 1. The van der Waals surface area contributed by atoms with E-state index in [1.165, 1.54) is 11.8 Å². The molecule has 1 aromatic carbocycles. The lowest BCUT2D eigenvalue weighted by Gasteiger charge is -2.28. The van der Waals surface area contributed by atoms with Gasteiger partial charge in [-0.3, -0.25) is 4.79 Å². The summed E-state index contributed by atoms with van der Waals surface area (Å²) in [5.74, 6) is -0.651. The number of hydrogen-bond acceptors (Lipinski definition) is 6. The molecule has 5 nitrogen and oxygen atoms in total. The maximum absolute atomic E-state index is 12.5. The van der Waals surface area contributed by atoms with Gasteiger partial charge in [0.05, 0.1) is 18.1 Å². The first-order chi connectivity index (χ1) is 11.6. The summed E-state index contributed by atoms with van der Waals surface area (Å²) in [6, 6.07) is 9.64. The number of esters is 1. The molecule has 0 bridgehead atoms. The number of thioether (sulfide) groups is 1. The van der Waals surface area contributed by atoms with E-state index in [0.717, 1.165) is 11.1 Å². The minimum atomic E-state index is -0.571. The van der Waals surface area contributed by atoms with Gasteiger partial charge in [-0.1, -0.05) is 36.0 Å². The number of nitrogens with one attached hydrogen (secondary N) is 1. The van der Waals surface area contributed by atoms with Crippen molar-refractivity contribution in [3.63, 3.8) is 0 Å². The molecule has 2 aliphatic heterocycles. The summed E-state index contributed by atoms with van der Waals surface area (Å²) in [4.78, 5) is 25.0. The van der Waals surface area contributed by atoms with E-state index in [0.29, 0.717) is 17.0 Å². The summed E-state index contributed by atoms with van der Waals surface area (Å²) < 4.78 is 5.16. The first-order valence-corrected chi connectivity index (χ1v) is 8.61. The van der Waals surface area contributed by atoms with Crippen LogP contribution in [0.5, 0.6) is 0 Å². The largest absolute Gasteiger partial charge is 0.463 e. The monoisotopic (exact) mass is 340 g/mol. The Kier molecular flexibility index (Phi) is 4.45. The van der Waals surface area contributed by atoms with Crippen LogP contribution in [0.15, 0.2) is 46.8 Å². The molecule has 0 fully saturated rings. The molecule has 0 radical (unpaired) electrons. The Morgan fingerprint density at radius 2 is 2.21 bits per heavy atom. The highest BCUT2D eigenvalue weighted by Crippen LogP contribution is 2.45. The third-order valence-corrected chi connectivity index (χ3v) is 5.04. The summed E-state index contributed by atoms with van der Waals surface area (Å²) in [5.41, 5.74) is 3.44. The van der Waals surface area contributed by atoms with Crippen LogP contribution < -0.4 is 5.32 Å². The van der Waals surface area contributed by atoms with Crippen LogP contribution >= 0.6 is 11.8 Å². The molecule has 0 amide bonds. The second kappa shape index (κ2) is 6.54. The zero-order valence-electron chi connectivity index (χ0n) is 13.4. The van der Waals surface area contributed by atoms with Crippen LogP contribution in [0.2, 0.25) is 0 Å². The molecule has 2 aliphatic rings. The second-order valence-corrected chi connectivity index (χ2v) is 6.45. The molecule has 0 spiro atoms. The molecule has 24 heavy (non-hydrogen) atoms. The number of benzene rings is 1. The van der Waals surface area contributed by atoms with Crippen molar-refractivity contribution in [2.75, 3.05) is 12.4 Å². The quantitative estimate of drug-likeness (QED) is 0.852. The molecule has 0 saturated heterocycles. The number of rotatable bonds is 3. The van der Waals surface area contributed by atoms with Gasteiger partial charge in [-0.05, 0) is 25.0 Å². The Bertz CT molecular complexity index is 833. The maximum atomic E-state index is 12.5. The Hall–Kier alpha value is -2.52. The predicted molar refractivity (Wildman–Crippen MR) is 90.8 cm³/mol. The third-order valence-electron chi connectivity index (χ3n) is 4.12. The van der Waals surface area contributed by atoms with Gasteiger partial charge in [-0.15, -0.1) is 0 Å². The first-order valence-electron chi connectivity index (χ1n) is 7.62. The Balaban J connectivity index is 2.23. The highest BCUT2D eigenvalue weighted by atomic mass is 32.2. The van der Waals surface area contributed by atoms with Crippen LogP contribution in [0, 0.1) is 18.3 Å². The van der Waals surface area contributed by atoms with Gasteiger partial charge in [-0.25, -0.2) is 4.79 Å². The molecule has 122 valence electrons. The summed E-state index contributed by atoms with van der Waals surface area (Å²) >= 11 is 1.18. The van der Waals surface area contributed by atoms with Gasteiger partial charge in [0.2, 0.25) is 5.12 Å². The number of nitrogens with zero attached hydrogens (tertiary/aromatic N) is 1. The van der Waals surface area contributed by atoms with E-state index in [2.05, 4.69) is 11.4 Å². The first kappa shape index (κ1) is 16.3. The minimum Gasteiger partial charge on any atom is -0.463 e. The average molecular weight is 340 g/mol. The molecule has 1 unspecified atom stereocenters. The zero-order chi connectivity index (χ0) is 17.3. The number of allylic oxidation sites excluding steroid dienone is 1. The molecule has 1 N–H and O–H groups in total. The van der Waals surface area contributed by atoms with E-state index < -0.39 is 11.9 Å². The molecule has 0 aliphatic carbocycles. The van der Waals surface area contributed by atoms with Crippen molar-refractivity contribution in [1.82, 2.24) is 5.32 Å². The molecule has 1 aromatic rings. The van der Waals surface area contributed by atoms with Gasteiger partial charge >= 0.3 is 5.97 Å². The van der Waals surface area contributed by atoms with Crippen LogP contribution in [0.3, 0.4) is 0 Å². The standard InChI is InChI=1S/C18H16N2O3S/c1-3-23-17(21)15-12(8-19)20-13-9-24-18(22)16(13)14(15)11-7-5-4-6-10(11)2/h4-7,14,20H,3,9H2,1-2H3. The molecule has 0 saturated carbocycles. The van der Waals surface area contributed by atoms with Crippen LogP contribution in [0.25, 0.3) is 0 Å². The second-order valence-electron chi connectivity index (χ2n) is 5.50. The van der Waals surface area contributed by atoms with E-state index >= 15 is 0 Å². The van der Waals surface area contributed by atoms with E-state index in [1.54, 1.807) is 6.92 Å². The van der Waals surface area contributed by atoms with Gasteiger partial charge in [0.15, 0.2) is 0 Å². The van der Waals surface area contributed by atoms with Crippen molar-refractivity contribution in [3.8, 4) is 6.07 Å². The molecule has 3 rings (SSSR count). The van der Waals surface area contributed by atoms with Gasteiger partial charge in [0.1, 0.15) is 11.8 Å². The molecular weight excluding hydrogens is 324 g/mol. The fourth-order valence-electron chi connectivity index (χ4n) is 3.06. The molecule has 6 heteroatoms. The van der Waals surface area contributed by atoms with Crippen molar-refractivity contribution < 1.29 is 14.3 Å². The van der Waals surface area contributed by atoms with Crippen LogP contribution in [-0.2, 0) is 14.3 Å². The topological polar surface area (TPSA) is 79.2 Å². The minimum absolute atomic E-state index is 0.0652. The molecular formula is C18H16N2O3S. The highest BCUT2D eigenvalue weighted by Gasteiger charge is 2.42. The number of carbonyl (C=O) groups excluding carboxylic acids is 2. The normalized spacial score (nSPS) is 19.7. The lowest BCUT2D eigenvalue weighted by Crippen LogP contribution is -2.31. The van der Waals surface area contributed by atoms with Crippen molar-refractivity contribution >= 4 is 22.8 Å². The lowest BCUT2D eigenvalue weighted by atomic mass is 9.79. The third kappa shape index (κ3) is 2.61. The molecule has 0 aromatic heterocycles. The van der Waals surface area contributed by atoms with E-state index in [4.69, 9.17) is 4.74 Å². The SMILES string of the molecule is CCOC(=O)C1=C(C#N)NC2=C(C(=O)SC2)C1c1ccccc1C. The number of carbonyl (C=O) groups is 2. The average Bonchev–Trinajstić information content (AvgIpc) is 2.95. The molecule has 1 atom stereocenters. The highest BCUT2D eigenvalue weighted by molar-refractivity contribution is 8.14. The van der Waals surface area contributed by atoms with Crippen molar-refractivity contribution in [1.29, 1.82) is 5.26 Å². The number of dihydropyridines is 1. The van der Waals surface area contributed by atoms with Crippen LogP contribution in [0.1, 0.15) is 24.0 Å². The molecule has 2 heterocycles. The maximum Gasteiger partial charge on any atom is 0.337 e. The van der Waals surface area contributed by atoms with Crippen molar-refractivity contribution in [2.45, 2.75) is 19.8 Å². The number of aryl methyl sites for hydroxylation is 1. The summed E-state index contributed by atoms with van der Waals surface area (Å²) in [6.45, 7) is 3.85. The Morgan fingerprint density at radius 3 is 2.88 bits per heavy atom. The fourth-order valence-corrected chi connectivity index (χ4v) is 3.96. The Morgan fingerprint density at radius 1 is 1.46 bits per heavy atom. The predicted octanol–water partition coefficient (Wildman–Crippen LogP) is 2.55. The lowest BCUT2D eigenvalue weighted by molar-refractivity contribution is -0.138. The zero-order valence-corrected chi connectivity index (χ0v) is 14.2. The van der Waals surface area contributed by atoms with Gasteiger partial charge in [0, 0.05) is 17.0 Å². The van der Waals surface area contributed by atoms with Gasteiger partial charge < -0.3 is 10.1 Å². The number of ether oxygens (including phenoxy) is 1. The fraction of sp³-hybridized carbons (Fsp3) is 0.278. The van der Waals surface area contributed by atoms with E-state index in [-0.39, 0.29) is 23.0 Å². The van der Waals surface area contributed by atoms with Gasteiger partial charge in [0.25, 0.3) is 0 Å². The summed E-state index contributed by atoms with van der Waals surface area (Å²) in [5, 5.41) is 12.4. The summed E-state index contributed by atoms with van der Waals surface area (Å²) in [7, 11) is 0. The van der Waals surface area contributed by atoms with Crippen LogP contribution in [0.4, 0.5) is 0 Å². The van der Waals surface area contributed by atoms with Crippen molar-refractivity contribution in [3.05, 3.63) is 57.9 Å². The van der Waals surface area contributed by atoms with Crippen molar-refractivity contribution in [2.24, 2.45) is 0 Å². The van der Waals surface area contributed by atoms with Gasteiger partial charge in [-0.2, -0.15) is 5.26 Å². The van der Waals surface area contributed by atoms with E-state index in [9.17, 15) is 14.9 Å². The smallest absolute Gasteiger partial charge is 0.337 e.